The summed E-state index contributed by atoms with van der Waals surface area (Å²) >= 11 is 1.66. The third kappa shape index (κ3) is 5.56. The molecule has 1 N–H and O–H groups in total. The third-order valence-corrected chi connectivity index (χ3v) is 8.30. The van der Waals surface area contributed by atoms with Crippen LogP contribution in [-0.4, -0.2) is 40.4 Å². The molecule has 1 fully saturated rings. The van der Waals surface area contributed by atoms with E-state index in [-0.39, 0.29) is 41.3 Å². The van der Waals surface area contributed by atoms with Gasteiger partial charge in [0, 0.05) is 11.7 Å². The summed E-state index contributed by atoms with van der Waals surface area (Å²) in [5.74, 6) is -0.848. The maximum Gasteiger partial charge on any atom is 0.379 e. The standard InChI is InChI=1S/C31H30N2O5S/c1-20(2)24-19-39-30-27(26(21-12-6-3-7-13-21)22-14-8-4-9-15-22)29(35)33(30)28(24)31(36)38-32-25(34)18-37-23-16-10-5-11-17-23/h3-17,20,26-27,30H,18-19H2,1-2H3,(H,32,34)/t27?,30-/m0/s1. The molecule has 0 spiro atoms. The van der Waals surface area contributed by atoms with E-state index in [1.807, 2.05) is 80.6 Å². The summed E-state index contributed by atoms with van der Waals surface area (Å²) in [5, 5.41) is -0.231. The highest BCUT2D eigenvalue weighted by Gasteiger charge is 2.57. The zero-order valence-electron chi connectivity index (χ0n) is 21.8. The van der Waals surface area contributed by atoms with E-state index in [1.165, 1.54) is 0 Å². The number of ether oxygens (including phenoxy) is 1. The van der Waals surface area contributed by atoms with Crippen LogP contribution >= 0.6 is 11.8 Å². The predicted octanol–water partition coefficient (Wildman–Crippen LogP) is 4.91. The number of carbonyl (C=O) groups excluding carboxylic acids is 3. The van der Waals surface area contributed by atoms with E-state index in [1.54, 1.807) is 40.9 Å². The molecule has 0 radical (unpaired) electrons. The molecular formula is C31H30N2O5S. The average Bonchev–Trinajstić information content (AvgIpc) is 2.97. The zero-order valence-corrected chi connectivity index (χ0v) is 22.6. The van der Waals surface area contributed by atoms with Gasteiger partial charge in [-0.1, -0.05) is 92.7 Å². The monoisotopic (exact) mass is 542 g/mol. The van der Waals surface area contributed by atoms with Crippen LogP contribution in [-0.2, 0) is 19.2 Å². The molecule has 0 aliphatic carbocycles. The fourth-order valence-electron chi connectivity index (χ4n) is 5.05. The van der Waals surface area contributed by atoms with Crippen LogP contribution in [0.2, 0.25) is 0 Å². The van der Waals surface area contributed by atoms with E-state index >= 15 is 0 Å². The van der Waals surface area contributed by atoms with Crippen molar-refractivity contribution in [3.63, 3.8) is 0 Å². The first-order valence-corrected chi connectivity index (χ1v) is 14.0. The lowest BCUT2D eigenvalue weighted by molar-refractivity contribution is -0.162. The number of nitrogens with one attached hydrogen (secondary N) is 1. The van der Waals surface area contributed by atoms with Crippen molar-refractivity contribution < 1.29 is 24.0 Å². The molecule has 2 amide bonds. The van der Waals surface area contributed by atoms with E-state index in [0.717, 1.165) is 16.7 Å². The van der Waals surface area contributed by atoms with Gasteiger partial charge >= 0.3 is 5.97 Å². The Labute approximate surface area is 232 Å². The minimum atomic E-state index is -0.750. The molecule has 200 valence electrons. The number of benzene rings is 3. The van der Waals surface area contributed by atoms with Crippen molar-refractivity contribution in [3.8, 4) is 5.75 Å². The molecule has 0 bridgehead atoms. The number of amides is 2. The molecule has 0 saturated carbocycles. The third-order valence-electron chi connectivity index (χ3n) is 6.98. The molecule has 5 rings (SSSR count). The van der Waals surface area contributed by atoms with Crippen LogP contribution in [0.5, 0.6) is 5.75 Å². The van der Waals surface area contributed by atoms with Gasteiger partial charge in [0.25, 0.3) is 5.91 Å². The maximum absolute atomic E-state index is 13.8. The summed E-state index contributed by atoms with van der Waals surface area (Å²) in [4.78, 5) is 46.2. The van der Waals surface area contributed by atoms with Gasteiger partial charge in [-0.05, 0) is 34.8 Å². The number of thioether (sulfide) groups is 1. The quantitative estimate of drug-likeness (QED) is 0.322. The number of hydrogen-bond donors (Lipinski definition) is 1. The number of fused-ring (bicyclic) bond motifs is 1. The van der Waals surface area contributed by atoms with Gasteiger partial charge in [-0.25, -0.2) is 4.79 Å². The van der Waals surface area contributed by atoms with E-state index < -0.39 is 11.9 Å². The summed E-state index contributed by atoms with van der Waals surface area (Å²) in [6, 6.07) is 28.9. The number of para-hydroxylation sites is 1. The molecule has 2 aliphatic heterocycles. The topological polar surface area (TPSA) is 84.9 Å². The lowest BCUT2D eigenvalue weighted by atomic mass is 9.75. The second-order valence-electron chi connectivity index (χ2n) is 9.78. The second-order valence-corrected chi connectivity index (χ2v) is 10.9. The van der Waals surface area contributed by atoms with Gasteiger partial charge in [-0.3, -0.25) is 14.5 Å². The summed E-state index contributed by atoms with van der Waals surface area (Å²) in [6.07, 6.45) is 0. The first-order chi connectivity index (χ1) is 19.0. The van der Waals surface area contributed by atoms with Crippen LogP contribution < -0.4 is 10.2 Å². The number of carbonyl (C=O) groups is 3. The number of nitrogens with zero attached hydrogens (tertiary/aromatic N) is 1. The minimum Gasteiger partial charge on any atom is -0.484 e. The normalized spacial score (nSPS) is 18.5. The smallest absolute Gasteiger partial charge is 0.379 e. The van der Waals surface area contributed by atoms with Crippen LogP contribution in [0.3, 0.4) is 0 Å². The number of rotatable bonds is 8. The van der Waals surface area contributed by atoms with Crippen molar-refractivity contribution in [1.29, 1.82) is 0 Å². The van der Waals surface area contributed by atoms with Gasteiger partial charge in [0.05, 0.1) is 11.3 Å². The Balaban J connectivity index is 1.34. The summed E-state index contributed by atoms with van der Waals surface area (Å²) < 4.78 is 5.41. The molecule has 1 saturated heterocycles. The molecule has 39 heavy (non-hydrogen) atoms. The Kier molecular flexibility index (Phi) is 8.02. The molecule has 2 aliphatic rings. The maximum atomic E-state index is 13.8. The van der Waals surface area contributed by atoms with Crippen LogP contribution in [0.1, 0.15) is 30.9 Å². The first-order valence-electron chi connectivity index (χ1n) is 12.9. The van der Waals surface area contributed by atoms with Crippen molar-refractivity contribution in [2.45, 2.75) is 25.1 Å². The summed E-state index contributed by atoms with van der Waals surface area (Å²) in [7, 11) is 0. The van der Waals surface area contributed by atoms with Gasteiger partial charge in [-0.2, -0.15) is 5.48 Å². The molecule has 8 heteroatoms. The van der Waals surface area contributed by atoms with Crippen molar-refractivity contribution in [2.75, 3.05) is 12.4 Å². The SMILES string of the molecule is CC(C)C1=C(C(=O)ONC(=O)COc2ccccc2)N2C(=O)C(C(c3ccccc3)c3ccccc3)[C@@H]2SC1. The molecule has 1 unspecified atom stereocenters. The molecule has 0 aromatic heterocycles. The Morgan fingerprint density at radius 3 is 2.05 bits per heavy atom. The fraction of sp³-hybridized carbons (Fsp3) is 0.258. The molecule has 3 aromatic carbocycles. The minimum absolute atomic E-state index is 0.0176. The van der Waals surface area contributed by atoms with Crippen LogP contribution in [0.4, 0.5) is 0 Å². The Bertz CT molecular complexity index is 1320. The van der Waals surface area contributed by atoms with Crippen LogP contribution in [0, 0.1) is 11.8 Å². The Hall–Kier alpha value is -4.04. The molecule has 3 aromatic rings. The lowest BCUT2D eigenvalue weighted by Crippen LogP contribution is -2.63. The second kappa shape index (κ2) is 11.8. The molecular weight excluding hydrogens is 512 g/mol. The van der Waals surface area contributed by atoms with Crippen LogP contribution in [0.15, 0.2) is 102 Å². The number of hydrogen-bond acceptors (Lipinski definition) is 6. The molecule has 2 atom stereocenters. The fourth-order valence-corrected chi connectivity index (χ4v) is 6.71. The highest BCUT2D eigenvalue weighted by molar-refractivity contribution is 8.00. The van der Waals surface area contributed by atoms with Crippen molar-refractivity contribution in [3.05, 3.63) is 113 Å². The van der Waals surface area contributed by atoms with Crippen molar-refractivity contribution in [1.82, 2.24) is 10.4 Å². The molecule has 2 heterocycles. The summed E-state index contributed by atoms with van der Waals surface area (Å²) in [6.45, 7) is 3.65. The highest BCUT2D eigenvalue weighted by atomic mass is 32.2. The van der Waals surface area contributed by atoms with E-state index in [9.17, 15) is 14.4 Å². The Morgan fingerprint density at radius 2 is 1.49 bits per heavy atom. The number of β-lactam (4-membered cyclic amide) rings is 1. The highest BCUT2D eigenvalue weighted by Crippen LogP contribution is 2.51. The number of hydroxylamine groups is 1. The Morgan fingerprint density at radius 1 is 0.923 bits per heavy atom. The van der Waals surface area contributed by atoms with E-state index in [2.05, 4.69) is 5.48 Å². The largest absolute Gasteiger partial charge is 0.484 e. The first kappa shape index (κ1) is 26.6. The predicted molar refractivity (Wildman–Crippen MR) is 149 cm³/mol. The zero-order chi connectivity index (χ0) is 27.4. The van der Waals surface area contributed by atoms with Gasteiger partial charge in [0.2, 0.25) is 5.91 Å². The average molecular weight is 543 g/mol. The van der Waals surface area contributed by atoms with Gasteiger partial charge < -0.3 is 9.57 Å². The lowest BCUT2D eigenvalue weighted by Gasteiger charge is -2.52. The van der Waals surface area contributed by atoms with Crippen molar-refractivity contribution >= 4 is 29.5 Å². The molecule has 7 nitrogen and oxygen atoms in total. The van der Waals surface area contributed by atoms with Gasteiger partial charge in [0.15, 0.2) is 6.61 Å². The van der Waals surface area contributed by atoms with Gasteiger partial charge in [0.1, 0.15) is 11.4 Å². The van der Waals surface area contributed by atoms with E-state index in [4.69, 9.17) is 9.57 Å². The van der Waals surface area contributed by atoms with Crippen molar-refractivity contribution in [2.24, 2.45) is 11.8 Å². The summed E-state index contributed by atoms with van der Waals surface area (Å²) in [5.41, 5.74) is 5.32. The van der Waals surface area contributed by atoms with Crippen LogP contribution in [0.25, 0.3) is 0 Å². The van der Waals surface area contributed by atoms with Gasteiger partial charge in [-0.15, -0.1) is 11.8 Å². The van der Waals surface area contributed by atoms with E-state index in [0.29, 0.717) is 11.5 Å².